The van der Waals surface area contributed by atoms with Crippen LogP contribution < -0.4 is 0 Å². The van der Waals surface area contributed by atoms with Gasteiger partial charge in [-0.05, 0) is 0 Å². The molecule has 32 heavy (non-hydrogen) atoms. The van der Waals surface area contributed by atoms with Crippen LogP contribution >= 0.6 is 0 Å². The van der Waals surface area contributed by atoms with Crippen LogP contribution in [0, 0.1) is 18.3 Å². The van der Waals surface area contributed by atoms with Gasteiger partial charge in [0.05, 0.1) is 14.2 Å². The highest BCUT2D eigenvalue weighted by molar-refractivity contribution is 5.94. The largest absolute Gasteiger partial charge is 0.468 e. The first-order valence-electron chi connectivity index (χ1n) is 9.43. The van der Waals surface area contributed by atoms with Crippen LogP contribution in [-0.2, 0) is 57.1 Å². The Kier molecular flexibility index (Phi) is 10.6. The Labute approximate surface area is 184 Å². The molecule has 0 aromatic rings. The molecule has 0 amide bonds. The van der Waals surface area contributed by atoms with Crippen LogP contribution in [0.1, 0.15) is 27.2 Å². The van der Waals surface area contributed by atoms with E-state index in [-0.39, 0.29) is 6.61 Å². The maximum atomic E-state index is 12.1. The lowest BCUT2D eigenvalue weighted by Gasteiger charge is -2.44. The summed E-state index contributed by atoms with van der Waals surface area (Å²) in [6.07, 6.45) is -1.99. The van der Waals surface area contributed by atoms with E-state index in [0.717, 1.165) is 35.0 Å². The molecule has 0 spiro atoms. The molecular formula is C20H26O12. The van der Waals surface area contributed by atoms with Crippen molar-refractivity contribution in [3.8, 4) is 12.3 Å². The Morgan fingerprint density at radius 3 is 1.75 bits per heavy atom. The second-order valence-electron chi connectivity index (χ2n) is 6.61. The smallest absolute Gasteiger partial charge is 0.320 e. The van der Waals surface area contributed by atoms with Gasteiger partial charge in [0, 0.05) is 27.2 Å². The van der Waals surface area contributed by atoms with Crippen LogP contribution in [0.5, 0.6) is 0 Å². The van der Waals surface area contributed by atoms with Crippen molar-refractivity contribution in [2.45, 2.75) is 57.9 Å². The molecule has 1 aliphatic rings. The van der Waals surface area contributed by atoms with E-state index >= 15 is 0 Å². The summed E-state index contributed by atoms with van der Waals surface area (Å²) in [7, 11) is 2.14. The molecule has 5 unspecified atom stereocenters. The molecule has 0 bridgehead atoms. The lowest BCUT2D eigenvalue weighted by Crippen LogP contribution is -2.62. The van der Waals surface area contributed by atoms with E-state index in [1.165, 1.54) is 0 Å². The number of esters is 5. The first-order chi connectivity index (χ1) is 15.0. The third-order valence-electron chi connectivity index (χ3n) is 4.27. The molecule has 5 atom stereocenters. The van der Waals surface area contributed by atoms with Gasteiger partial charge in [-0.3, -0.25) is 24.0 Å². The Hall–Kier alpha value is -3.17. The van der Waals surface area contributed by atoms with Gasteiger partial charge in [-0.15, -0.1) is 6.42 Å². The number of hydrogen-bond acceptors (Lipinski definition) is 12. The summed E-state index contributed by atoms with van der Waals surface area (Å²) < 4.78 is 36.2. The van der Waals surface area contributed by atoms with E-state index in [2.05, 4.69) is 15.4 Å². The minimum absolute atomic E-state index is 0.280. The molecular weight excluding hydrogens is 432 g/mol. The first-order valence-corrected chi connectivity index (χ1v) is 9.43. The maximum absolute atomic E-state index is 12.1. The summed E-state index contributed by atoms with van der Waals surface area (Å²) in [5.74, 6) is -3.48. The topological polar surface area (TPSA) is 150 Å². The Balaban J connectivity index is 3.45. The number of carbonyl (C=O) groups excluding carboxylic acids is 5. The van der Waals surface area contributed by atoms with E-state index in [9.17, 15) is 24.0 Å². The van der Waals surface area contributed by atoms with E-state index < -0.39 is 72.9 Å². The minimum atomic E-state index is -1.47. The molecule has 0 saturated carbocycles. The lowest BCUT2D eigenvalue weighted by atomic mass is 9.90. The number of methoxy groups -OCH3 is 2. The summed E-state index contributed by atoms with van der Waals surface area (Å²) >= 11 is 0. The van der Waals surface area contributed by atoms with Crippen molar-refractivity contribution in [1.82, 2.24) is 0 Å². The molecule has 1 saturated heterocycles. The highest BCUT2D eigenvalue weighted by Crippen LogP contribution is 2.33. The van der Waals surface area contributed by atoms with Crippen LogP contribution in [-0.4, -0.2) is 81.4 Å². The van der Waals surface area contributed by atoms with Crippen LogP contribution in [0.2, 0.25) is 0 Å². The zero-order valence-electron chi connectivity index (χ0n) is 18.4. The molecule has 1 aliphatic heterocycles. The fourth-order valence-electron chi connectivity index (χ4n) is 3.11. The van der Waals surface area contributed by atoms with Gasteiger partial charge < -0.3 is 33.2 Å². The monoisotopic (exact) mass is 458 g/mol. The van der Waals surface area contributed by atoms with Gasteiger partial charge in [-0.2, -0.15) is 0 Å². The van der Waals surface area contributed by atoms with Crippen molar-refractivity contribution in [1.29, 1.82) is 0 Å². The summed E-state index contributed by atoms with van der Waals surface area (Å²) in [6.45, 7) is 2.99. The van der Waals surface area contributed by atoms with Crippen LogP contribution in [0.3, 0.4) is 0 Å². The van der Waals surface area contributed by atoms with Gasteiger partial charge in [0.1, 0.15) is 12.7 Å². The average molecular weight is 458 g/mol. The lowest BCUT2D eigenvalue weighted by molar-refractivity contribution is -0.303. The van der Waals surface area contributed by atoms with Gasteiger partial charge >= 0.3 is 29.8 Å². The van der Waals surface area contributed by atoms with Crippen molar-refractivity contribution < 1.29 is 57.1 Å². The molecule has 1 fully saturated rings. The van der Waals surface area contributed by atoms with Crippen molar-refractivity contribution >= 4 is 29.8 Å². The van der Waals surface area contributed by atoms with E-state index in [0.29, 0.717) is 0 Å². The standard InChI is InChI=1S/C20H26O12/c1-7-8-28-20-17(31-12(4)23)16(30-11(3)22)15(29-10(2)21)14(32-20)9-13(18(24)26-5)19(25)27-6/h1,13-17,20H,8-9H2,2-6H3. The zero-order valence-corrected chi connectivity index (χ0v) is 18.4. The maximum Gasteiger partial charge on any atom is 0.320 e. The normalized spacial score (nSPS) is 24.6. The number of ether oxygens (including phenoxy) is 7. The fourth-order valence-corrected chi connectivity index (χ4v) is 3.11. The van der Waals surface area contributed by atoms with E-state index in [4.69, 9.17) is 30.1 Å². The molecule has 0 aliphatic carbocycles. The fraction of sp³-hybridized carbons (Fsp3) is 0.650. The van der Waals surface area contributed by atoms with E-state index in [1.54, 1.807) is 0 Å². The van der Waals surface area contributed by atoms with Crippen molar-refractivity contribution in [3.05, 3.63) is 0 Å². The van der Waals surface area contributed by atoms with Crippen molar-refractivity contribution in [2.24, 2.45) is 5.92 Å². The van der Waals surface area contributed by atoms with Gasteiger partial charge in [-0.1, -0.05) is 5.92 Å². The quantitative estimate of drug-likeness (QED) is 0.190. The Bertz CT molecular complexity index is 738. The Morgan fingerprint density at radius 2 is 1.31 bits per heavy atom. The Morgan fingerprint density at radius 1 is 0.844 bits per heavy atom. The SMILES string of the molecule is C#CCOC1OC(CC(C(=O)OC)C(=O)OC)C(OC(C)=O)C(OC(C)=O)C1OC(C)=O. The molecule has 0 aromatic carbocycles. The molecule has 0 radical (unpaired) electrons. The molecule has 0 aromatic heterocycles. The number of hydrogen-bond donors (Lipinski definition) is 0. The van der Waals surface area contributed by atoms with Gasteiger partial charge in [-0.25, -0.2) is 0 Å². The summed E-state index contributed by atoms with van der Waals surface area (Å²) in [5.41, 5.74) is 0. The van der Waals surface area contributed by atoms with Crippen molar-refractivity contribution in [2.75, 3.05) is 20.8 Å². The molecule has 1 heterocycles. The number of terminal acetylenes is 1. The predicted molar refractivity (Wildman–Crippen MR) is 102 cm³/mol. The second-order valence-corrected chi connectivity index (χ2v) is 6.61. The van der Waals surface area contributed by atoms with Gasteiger partial charge in [0.2, 0.25) is 0 Å². The van der Waals surface area contributed by atoms with Crippen LogP contribution in [0.15, 0.2) is 0 Å². The molecule has 0 N–H and O–H groups in total. The number of carbonyl (C=O) groups is 5. The zero-order chi connectivity index (χ0) is 24.4. The molecule has 12 heteroatoms. The molecule has 12 nitrogen and oxygen atoms in total. The minimum Gasteiger partial charge on any atom is -0.468 e. The summed E-state index contributed by atoms with van der Waals surface area (Å²) in [5, 5.41) is 0. The van der Waals surface area contributed by atoms with Crippen molar-refractivity contribution in [3.63, 3.8) is 0 Å². The molecule has 178 valence electrons. The van der Waals surface area contributed by atoms with Crippen LogP contribution in [0.25, 0.3) is 0 Å². The third-order valence-corrected chi connectivity index (χ3v) is 4.27. The average Bonchev–Trinajstić information content (AvgIpc) is 2.72. The second kappa shape index (κ2) is 12.6. The summed E-state index contributed by atoms with van der Waals surface area (Å²) in [6, 6.07) is 0. The van der Waals surface area contributed by atoms with Crippen LogP contribution in [0.4, 0.5) is 0 Å². The number of rotatable bonds is 9. The predicted octanol–water partition coefficient (Wildman–Crippen LogP) is -0.491. The summed E-state index contributed by atoms with van der Waals surface area (Å²) in [4.78, 5) is 59.5. The third kappa shape index (κ3) is 7.51. The highest BCUT2D eigenvalue weighted by Gasteiger charge is 2.53. The molecule has 1 rings (SSSR count). The highest BCUT2D eigenvalue weighted by atomic mass is 16.7. The van der Waals surface area contributed by atoms with Gasteiger partial charge in [0.25, 0.3) is 0 Å². The first kappa shape index (κ1) is 26.9. The van der Waals surface area contributed by atoms with Gasteiger partial charge in [0.15, 0.2) is 30.5 Å². The van der Waals surface area contributed by atoms with E-state index in [1.807, 2.05) is 0 Å².